The first kappa shape index (κ1) is 21.3. The first-order valence-corrected chi connectivity index (χ1v) is 9.73. The lowest BCUT2D eigenvalue weighted by Gasteiger charge is -2.15. The Morgan fingerprint density at radius 2 is 2.07 bits per heavy atom. The number of anilines is 1. The zero-order chi connectivity index (χ0) is 21.5. The standard InChI is InChI=1S/C23H24FN3O3/c1-3-4-11-25-13-17-5-7-18(8-6-17)21-10-9-19(12-22(21)24)27-15-20(30-23(27)29)14-26-16(2)28/h1,5-10,12,20,25H,4,11,13-15H2,2H3,(H,26,28). The molecule has 30 heavy (non-hydrogen) atoms. The van der Waals surface area contributed by atoms with E-state index in [1.807, 2.05) is 24.3 Å². The number of ether oxygens (including phenoxy) is 1. The van der Waals surface area contributed by atoms with E-state index in [9.17, 15) is 14.0 Å². The Labute approximate surface area is 175 Å². The monoisotopic (exact) mass is 409 g/mol. The van der Waals surface area contributed by atoms with Crippen molar-refractivity contribution in [2.45, 2.75) is 26.0 Å². The van der Waals surface area contributed by atoms with E-state index in [-0.39, 0.29) is 19.0 Å². The molecule has 0 radical (unpaired) electrons. The van der Waals surface area contributed by atoms with Crippen molar-refractivity contribution in [1.29, 1.82) is 0 Å². The Bertz CT molecular complexity index is 953. The fraction of sp³-hybridized carbons (Fsp3) is 0.304. The number of carbonyl (C=O) groups is 2. The smallest absolute Gasteiger partial charge is 0.414 e. The van der Waals surface area contributed by atoms with Crippen LogP contribution in [0, 0.1) is 18.2 Å². The summed E-state index contributed by atoms with van der Waals surface area (Å²) in [6.07, 6.45) is 4.88. The Hall–Kier alpha value is -3.37. The number of terminal acetylenes is 1. The van der Waals surface area contributed by atoms with Crippen LogP contribution >= 0.6 is 0 Å². The second-order valence-corrected chi connectivity index (χ2v) is 7.05. The van der Waals surface area contributed by atoms with Crippen molar-refractivity contribution in [3.05, 3.63) is 53.8 Å². The summed E-state index contributed by atoms with van der Waals surface area (Å²) in [5.74, 6) is 1.95. The number of cyclic esters (lactones) is 1. The molecule has 0 spiro atoms. The molecule has 2 N–H and O–H groups in total. The van der Waals surface area contributed by atoms with Gasteiger partial charge in [0.25, 0.3) is 0 Å². The highest BCUT2D eigenvalue weighted by molar-refractivity contribution is 5.90. The first-order valence-electron chi connectivity index (χ1n) is 9.73. The average Bonchev–Trinajstić information content (AvgIpc) is 3.11. The number of rotatable bonds is 8. The molecular weight excluding hydrogens is 385 g/mol. The minimum Gasteiger partial charge on any atom is -0.442 e. The highest BCUT2D eigenvalue weighted by Crippen LogP contribution is 2.29. The van der Waals surface area contributed by atoms with Gasteiger partial charge in [0.2, 0.25) is 5.91 Å². The number of nitrogens with one attached hydrogen (secondary N) is 2. The van der Waals surface area contributed by atoms with Gasteiger partial charge in [0.15, 0.2) is 0 Å². The minimum absolute atomic E-state index is 0.200. The van der Waals surface area contributed by atoms with E-state index >= 15 is 0 Å². The molecule has 2 aromatic carbocycles. The maximum Gasteiger partial charge on any atom is 0.414 e. The molecular formula is C23H24FN3O3. The van der Waals surface area contributed by atoms with Gasteiger partial charge in [-0.15, -0.1) is 12.3 Å². The largest absolute Gasteiger partial charge is 0.442 e. The van der Waals surface area contributed by atoms with Crippen molar-refractivity contribution >= 4 is 17.7 Å². The van der Waals surface area contributed by atoms with Crippen molar-refractivity contribution < 1.29 is 18.7 Å². The van der Waals surface area contributed by atoms with Crippen LogP contribution in [-0.2, 0) is 16.1 Å². The fourth-order valence-electron chi connectivity index (χ4n) is 3.20. The lowest BCUT2D eigenvalue weighted by atomic mass is 10.0. The Morgan fingerprint density at radius 1 is 1.30 bits per heavy atom. The lowest BCUT2D eigenvalue weighted by molar-refractivity contribution is -0.119. The van der Waals surface area contributed by atoms with Crippen molar-refractivity contribution in [2.75, 3.05) is 24.5 Å². The third kappa shape index (κ3) is 5.37. The molecule has 1 aliphatic rings. The van der Waals surface area contributed by atoms with Crippen LogP contribution in [0.5, 0.6) is 0 Å². The van der Waals surface area contributed by atoms with E-state index in [0.717, 1.165) is 17.7 Å². The molecule has 1 atom stereocenters. The maximum atomic E-state index is 14.8. The molecule has 3 rings (SSSR count). The number of hydrogen-bond donors (Lipinski definition) is 2. The highest BCUT2D eigenvalue weighted by atomic mass is 19.1. The summed E-state index contributed by atoms with van der Waals surface area (Å²) < 4.78 is 20.0. The summed E-state index contributed by atoms with van der Waals surface area (Å²) in [5.41, 5.74) is 2.70. The van der Waals surface area contributed by atoms with Crippen LogP contribution < -0.4 is 15.5 Å². The molecule has 2 amide bonds. The molecule has 2 aromatic rings. The molecule has 1 aliphatic heterocycles. The summed E-state index contributed by atoms with van der Waals surface area (Å²) in [4.78, 5) is 24.5. The van der Waals surface area contributed by atoms with Crippen molar-refractivity contribution in [1.82, 2.24) is 10.6 Å². The molecule has 0 saturated carbocycles. The van der Waals surface area contributed by atoms with Crippen LogP contribution in [0.15, 0.2) is 42.5 Å². The third-order valence-corrected chi connectivity index (χ3v) is 4.76. The maximum absolute atomic E-state index is 14.8. The van der Waals surface area contributed by atoms with Gasteiger partial charge in [0.1, 0.15) is 11.9 Å². The van der Waals surface area contributed by atoms with E-state index in [4.69, 9.17) is 11.2 Å². The highest BCUT2D eigenvalue weighted by Gasteiger charge is 2.32. The molecule has 0 bridgehead atoms. The van der Waals surface area contributed by atoms with Crippen LogP contribution in [0.25, 0.3) is 11.1 Å². The summed E-state index contributed by atoms with van der Waals surface area (Å²) in [5, 5.41) is 5.86. The number of carbonyl (C=O) groups excluding carboxylic acids is 2. The van der Waals surface area contributed by atoms with Crippen LogP contribution in [0.2, 0.25) is 0 Å². The van der Waals surface area contributed by atoms with Crippen molar-refractivity contribution in [3.8, 4) is 23.5 Å². The van der Waals surface area contributed by atoms with E-state index in [0.29, 0.717) is 24.2 Å². The van der Waals surface area contributed by atoms with E-state index in [1.165, 1.54) is 17.9 Å². The third-order valence-electron chi connectivity index (χ3n) is 4.76. The van der Waals surface area contributed by atoms with Gasteiger partial charge in [-0.3, -0.25) is 9.69 Å². The van der Waals surface area contributed by atoms with E-state index in [1.54, 1.807) is 12.1 Å². The Morgan fingerprint density at radius 3 is 2.73 bits per heavy atom. The molecule has 0 aromatic heterocycles. The molecule has 6 nitrogen and oxygen atoms in total. The molecule has 7 heteroatoms. The van der Waals surface area contributed by atoms with Gasteiger partial charge in [0.05, 0.1) is 18.8 Å². The van der Waals surface area contributed by atoms with Gasteiger partial charge in [-0.1, -0.05) is 24.3 Å². The van der Waals surface area contributed by atoms with E-state index in [2.05, 4.69) is 16.6 Å². The predicted octanol–water partition coefficient (Wildman–Crippen LogP) is 3.07. The summed E-state index contributed by atoms with van der Waals surface area (Å²) >= 11 is 0. The van der Waals surface area contributed by atoms with Crippen LogP contribution in [0.1, 0.15) is 18.9 Å². The summed E-state index contributed by atoms with van der Waals surface area (Å²) in [6, 6.07) is 12.3. The fourth-order valence-corrected chi connectivity index (χ4v) is 3.20. The van der Waals surface area contributed by atoms with Crippen molar-refractivity contribution in [3.63, 3.8) is 0 Å². The number of amides is 2. The van der Waals surface area contributed by atoms with Crippen LogP contribution in [0.4, 0.5) is 14.9 Å². The summed E-state index contributed by atoms with van der Waals surface area (Å²) in [6.45, 7) is 3.31. The Balaban J connectivity index is 1.66. The number of hydrogen-bond acceptors (Lipinski definition) is 4. The minimum atomic E-state index is -0.556. The van der Waals surface area contributed by atoms with Gasteiger partial charge in [-0.05, 0) is 29.3 Å². The molecule has 1 fully saturated rings. The number of halogens is 1. The lowest BCUT2D eigenvalue weighted by Crippen LogP contribution is -2.33. The second kappa shape index (κ2) is 9.90. The quantitative estimate of drug-likeness (QED) is 0.519. The predicted molar refractivity (Wildman–Crippen MR) is 113 cm³/mol. The van der Waals surface area contributed by atoms with Gasteiger partial charge < -0.3 is 15.4 Å². The molecule has 1 unspecified atom stereocenters. The normalized spacial score (nSPS) is 15.6. The molecule has 1 heterocycles. The van der Waals surface area contributed by atoms with Gasteiger partial charge >= 0.3 is 6.09 Å². The van der Waals surface area contributed by atoms with Crippen LogP contribution in [-0.4, -0.2) is 37.7 Å². The van der Waals surface area contributed by atoms with E-state index < -0.39 is 18.0 Å². The Kier molecular flexibility index (Phi) is 7.04. The van der Waals surface area contributed by atoms with Crippen LogP contribution in [0.3, 0.4) is 0 Å². The molecule has 1 saturated heterocycles. The topological polar surface area (TPSA) is 70.7 Å². The second-order valence-electron chi connectivity index (χ2n) is 7.05. The molecule has 0 aliphatic carbocycles. The first-order chi connectivity index (χ1) is 14.5. The SMILES string of the molecule is C#CCCNCc1ccc(-c2ccc(N3CC(CNC(C)=O)OC3=O)cc2F)cc1. The van der Waals surface area contributed by atoms with Gasteiger partial charge in [-0.2, -0.15) is 0 Å². The number of nitrogens with zero attached hydrogens (tertiary/aromatic N) is 1. The number of benzene rings is 2. The zero-order valence-corrected chi connectivity index (χ0v) is 16.8. The summed E-state index contributed by atoms with van der Waals surface area (Å²) in [7, 11) is 0. The average molecular weight is 409 g/mol. The van der Waals surface area contributed by atoms with Gasteiger partial charge in [-0.25, -0.2) is 9.18 Å². The van der Waals surface area contributed by atoms with Crippen molar-refractivity contribution in [2.24, 2.45) is 0 Å². The zero-order valence-electron chi connectivity index (χ0n) is 16.8. The molecule has 156 valence electrons. The van der Waals surface area contributed by atoms with Gasteiger partial charge in [0, 0.05) is 32.0 Å².